The molecule has 144 valence electrons. The molecule has 4 rings (SSSR count). The molecule has 0 aliphatic rings. The zero-order valence-corrected chi connectivity index (χ0v) is 17.3. The Kier molecular flexibility index (Phi) is 5.53. The van der Waals surface area contributed by atoms with Gasteiger partial charge in [-0.3, -0.25) is 0 Å². The molecular formula is C22H14O4S3. The summed E-state index contributed by atoms with van der Waals surface area (Å²) in [7, 11) is 0. The maximum Gasteiger partial charge on any atom is 0.345 e. The third kappa shape index (κ3) is 4.42. The largest absolute Gasteiger partial charge is 0.477 e. The average Bonchev–Trinajstić information content (AvgIpc) is 3.40. The van der Waals surface area contributed by atoms with Crippen molar-refractivity contribution in [2.24, 2.45) is 0 Å². The van der Waals surface area contributed by atoms with Crippen LogP contribution in [0.2, 0.25) is 0 Å². The fourth-order valence-electron chi connectivity index (χ4n) is 2.73. The molecule has 29 heavy (non-hydrogen) atoms. The second-order valence-electron chi connectivity index (χ2n) is 6.09. The summed E-state index contributed by atoms with van der Waals surface area (Å²) < 4.78 is 0. The van der Waals surface area contributed by atoms with Crippen LogP contribution in [0.25, 0.3) is 20.9 Å². The molecule has 2 N–H and O–H groups in total. The molecule has 2 aromatic heterocycles. The van der Waals surface area contributed by atoms with Crippen molar-refractivity contribution in [1.29, 1.82) is 0 Å². The lowest BCUT2D eigenvalue weighted by Gasteiger charge is -2.04. The Balaban J connectivity index is 1.46. The van der Waals surface area contributed by atoms with E-state index < -0.39 is 11.9 Å². The van der Waals surface area contributed by atoms with Crippen LogP contribution in [0.1, 0.15) is 19.3 Å². The smallest absolute Gasteiger partial charge is 0.345 e. The highest BCUT2D eigenvalue weighted by molar-refractivity contribution is 7.99. The van der Waals surface area contributed by atoms with Crippen molar-refractivity contribution >= 4 is 46.4 Å². The van der Waals surface area contributed by atoms with Gasteiger partial charge >= 0.3 is 11.9 Å². The van der Waals surface area contributed by atoms with E-state index in [0.29, 0.717) is 9.75 Å². The number of carbonyl (C=O) groups is 2. The predicted octanol–water partition coefficient (Wildman–Crippen LogP) is 6.69. The first-order chi connectivity index (χ1) is 14.0. The normalized spacial score (nSPS) is 10.8. The molecule has 2 heterocycles. The van der Waals surface area contributed by atoms with Gasteiger partial charge in [-0.2, -0.15) is 0 Å². The maximum absolute atomic E-state index is 11.0. The first-order valence-corrected chi connectivity index (χ1v) is 11.0. The molecule has 0 saturated carbocycles. The van der Waals surface area contributed by atoms with E-state index in [1.807, 2.05) is 60.7 Å². The molecule has 4 aromatic rings. The van der Waals surface area contributed by atoms with Crippen LogP contribution in [0.5, 0.6) is 0 Å². The van der Waals surface area contributed by atoms with Crippen molar-refractivity contribution < 1.29 is 19.8 Å². The van der Waals surface area contributed by atoms with E-state index in [4.69, 9.17) is 10.2 Å². The highest BCUT2D eigenvalue weighted by Crippen LogP contribution is 2.34. The summed E-state index contributed by atoms with van der Waals surface area (Å²) >= 11 is 4.16. The number of rotatable bonds is 6. The van der Waals surface area contributed by atoms with Gasteiger partial charge in [0.2, 0.25) is 0 Å². The van der Waals surface area contributed by atoms with Crippen molar-refractivity contribution in [3.8, 4) is 20.9 Å². The monoisotopic (exact) mass is 438 g/mol. The number of hydrogen-bond donors (Lipinski definition) is 2. The number of hydrogen-bond acceptors (Lipinski definition) is 5. The summed E-state index contributed by atoms with van der Waals surface area (Å²) in [4.78, 5) is 26.8. The minimum atomic E-state index is -0.904. The van der Waals surface area contributed by atoms with Crippen LogP contribution in [0.15, 0.2) is 82.6 Å². The van der Waals surface area contributed by atoms with Gasteiger partial charge in [0.1, 0.15) is 9.75 Å². The van der Waals surface area contributed by atoms with E-state index in [2.05, 4.69) is 0 Å². The summed E-state index contributed by atoms with van der Waals surface area (Å²) in [5.74, 6) is -1.81. The average molecular weight is 439 g/mol. The standard InChI is InChI=1S/C22H14O4S3/c23-21(24)19-11-9-17(28-19)13-1-5-15(6-2-13)27-16-7-3-14(4-8-16)18-10-12-20(29-18)22(25)26/h1-12H,(H,23,24)(H,25,26). The highest BCUT2D eigenvalue weighted by Gasteiger charge is 2.10. The molecule has 0 spiro atoms. The molecule has 0 aliphatic carbocycles. The van der Waals surface area contributed by atoms with Crippen LogP contribution >= 0.6 is 34.4 Å². The minimum Gasteiger partial charge on any atom is -0.477 e. The van der Waals surface area contributed by atoms with E-state index in [1.54, 1.807) is 23.9 Å². The van der Waals surface area contributed by atoms with Crippen LogP contribution < -0.4 is 0 Å². The van der Waals surface area contributed by atoms with Gasteiger partial charge in [-0.15, -0.1) is 22.7 Å². The summed E-state index contributed by atoms with van der Waals surface area (Å²) in [5.41, 5.74) is 1.99. The first-order valence-electron chi connectivity index (χ1n) is 8.54. The summed E-state index contributed by atoms with van der Waals surface area (Å²) in [5, 5.41) is 18.1. The van der Waals surface area contributed by atoms with E-state index >= 15 is 0 Å². The number of aromatic carboxylic acids is 2. The minimum absolute atomic E-state index is 0.333. The fraction of sp³-hybridized carbons (Fsp3) is 0. The van der Waals surface area contributed by atoms with Crippen LogP contribution in [0.3, 0.4) is 0 Å². The molecule has 0 saturated heterocycles. The molecule has 0 atom stereocenters. The zero-order chi connectivity index (χ0) is 20.4. The maximum atomic E-state index is 11.0. The number of thiophene rings is 2. The van der Waals surface area contributed by atoms with Gasteiger partial charge in [0.15, 0.2) is 0 Å². The van der Waals surface area contributed by atoms with Gasteiger partial charge in [-0.05, 0) is 59.7 Å². The highest BCUT2D eigenvalue weighted by atomic mass is 32.2. The molecule has 2 aromatic carbocycles. The summed E-state index contributed by atoms with van der Waals surface area (Å²) in [6, 6.07) is 23.0. The van der Waals surface area contributed by atoms with Gasteiger partial charge in [0.25, 0.3) is 0 Å². The lowest BCUT2D eigenvalue weighted by atomic mass is 10.2. The molecule has 0 amide bonds. The van der Waals surface area contributed by atoms with Crippen molar-refractivity contribution in [3.05, 3.63) is 82.6 Å². The van der Waals surface area contributed by atoms with Crippen LogP contribution in [-0.4, -0.2) is 22.2 Å². The van der Waals surface area contributed by atoms with E-state index in [0.717, 1.165) is 30.7 Å². The quantitative estimate of drug-likeness (QED) is 0.351. The molecule has 0 aliphatic heterocycles. The third-order valence-corrected chi connectivity index (χ3v) is 7.41. The Hall–Kier alpha value is -2.87. The van der Waals surface area contributed by atoms with Crippen LogP contribution in [-0.2, 0) is 0 Å². The second kappa shape index (κ2) is 8.24. The summed E-state index contributed by atoms with van der Waals surface area (Å²) in [6.07, 6.45) is 0. The molecular weight excluding hydrogens is 424 g/mol. The van der Waals surface area contributed by atoms with Crippen molar-refractivity contribution in [2.75, 3.05) is 0 Å². The van der Waals surface area contributed by atoms with Crippen molar-refractivity contribution in [2.45, 2.75) is 9.79 Å². The summed E-state index contributed by atoms with van der Waals surface area (Å²) in [6.45, 7) is 0. The first kappa shape index (κ1) is 19.4. The lowest BCUT2D eigenvalue weighted by Crippen LogP contribution is -1.89. The number of benzene rings is 2. The van der Waals surface area contributed by atoms with Crippen molar-refractivity contribution in [1.82, 2.24) is 0 Å². The van der Waals surface area contributed by atoms with Crippen LogP contribution in [0, 0.1) is 0 Å². The predicted molar refractivity (Wildman–Crippen MR) is 118 cm³/mol. The SMILES string of the molecule is O=C(O)c1ccc(-c2ccc(Sc3ccc(-c4ccc(C(=O)O)s4)cc3)cc2)s1. The van der Waals surface area contributed by atoms with Crippen molar-refractivity contribution in [3.63, 3.8) is 0 Å². The molecule has 0 bridgehead atoms. The van der Waals surface area contributed by atoms with Crippen LogP contribution in [0.4, 0.5) is 0 Å². The third-order valence-electron chi connectivity index (χ3n) is 4.15. The van der Waals surface area contributed by atoms with Gasteiger partial charge in [0.05, 0.1) is 0 Å². The van der Waals surface area contributed by atoms with Gasteiger partial charge in [-0.25, -0.2) is 9.59 Å². The topological polar surface area (TPSA) is 74.6 Å². The molecule has 4 nitrogen and oxygen atoms in total. The Morgan fingerprint density at radius 2 is 0.966 bits per heavy atom. The molecule has 0 fully saturated rings. The lowest BCUT2D eigenvalue weighted by molar-refractivity contribution is 0.0691. The van der Waals surface area contributed by atoms with E-state index in [-0.39, 0.29) is 0 Å². The molecule has 0 unspecified atom stereocenters. The van der Waals surface area contributed by atoms with Gasteiger partial charge in [0, 0.05) is 19.5 Å². The number of carboxylic acids is 2. The van der Waals surface area contributed by atoms with Gasteiger partial charge < -0.3 is 10.2 Å². The Morgan fingerprint density at radius 3 is 1.28 bits per heavy atom. The Bertz CT molecular complexity index is 1080. The van der Waals surface area contributed by atoms with E-state index in [1.165, 1.54) is 22.7 Å². The van der Waals surface area contributed by atoms with E-state index in [9.17, 15) is 9.59 Å². The molecule has 0 radical (unpaired) electrons. The molecule has 7 heteroatoms. The zero-order valence-electron chi connectivity index (χ0n) is 14.9. The Labute approximate surface area is 179 Å². The second-order valence-corrected chi connectivity index (χ2v) is 9.40. The van der Waals surface area contributed by atoms with Gasteiger partial charge in [-0.1, -0.05) is 36.0 Å². The fourth-order valence-corrected chi connectivity index (χ4v) is 5.24. The Morgan fingerprint density at radius 1 is 0.586 bits per heavy atom. The number of carboxylic acid groups (broad SMARTS) is 2.